The Kier molecular flexibility index (Phi) is 6.02. The van der Waals surface area contributed by atoms with Gasteiger partial charge in [-0.2, -0.15) is 4.31 Å². The second kappa shape index (κ2) is 8.88. The number of aromatic amines is 1. The van der Waals surface area contributed by atoms with E-state index in [-0.39, 0.29) is 23.5 Å². The number of aryl methyl sites for hydroxylation is 1. The fourth-order valence-electron chi connectivity index (χ4n) is 3.66. The van der Waals surface area contributed by atoms with E-state index in [1.807, 2.05) is 55.5 Å². The van der Waals surface area contributed by atoms with Gasteiger partial charge in [0.2, 0.25) is 10.0 Å². The molecule has 0 saturated heterocycles. The molecule has 4 rings (SSSR count). The Bertz CT molecular complexity index is 1350. The first kappa shape index (κ1) is 21.0. The third-order valence-electron chi connectivity index (χ3n) is 5.39. The lowest BCUT2D eigenvalue weighted by Crippen LogP contribution is -2.34. The van der Waals surface area contributed by atoms with Crippen molar-refractivity contribution in [3.63, 3.8) is 0 Å². The van der Waals surface area contributed by atoms with Crippen LogP contribution >= 0.6 is 0 Å². The number of H-pyrrole nitrogens is 1. The Morgan fingerprint density at radius 3 is 2.26 bits per heavy atom. The maximum absolute atomic E-state index is 13.4. The topological polar surface area (TPSA) is 70.2 Å². The van der Waals surface area contributed by atoms with Gasteiger partial charge in [0.05, 0.1) is 10.4 Å². The zero-order chi connectivity index (χ0) is 21.8. The van der Waals surface area contributed by atoms with Crippen LogP contribution in [0.4, 0.5) is 0 Å². The minimum absolute atomic E-state index is 0.00325. The van der Waals surface area contributed by atoms with Crippen LogP contribution in [0.25, 0.3) is 10.9 Å². The summed E-state index contributed by atoms with van der Waals surface area (Å²) in [7, 11) is -3.77. The average Bonchev–Trinajstić information content (AvgIpc) is 2.79. The normalized spacial score (nSPS) is 11.8. The number of benzene rings is 3. The van der Waals surface area contributed by atoms with E-state index in [2.05, 4.69) is 4.98 Å². The van der Waals surface area contributed by atoms with Gasteiger partial charge >= 0.3 is 0 Å². The predicted octanol–water partition coefficient (Wildman–Crippen LogP) is 4.27. The van der Waals surface area contributed by atoms with Crippen LogP contribution in [0.15, 0.2) is 94.6 Å². The van der Waals surface area contributed by atoms with Crippen molar-refractivity contribution in [1.82, 2.24) is 9.29 Å². The van der Waals surface area contributed by atoms with Gasteiger partial charge in [0.1, 0.15) is 0 Å². The Balaban J connectivity index is 1.71. The van der Waals surface area contributed by atoms with Crippen LogP contribution < -0.4 is 5.56 Å². The van der Waals surface area contributed by atoms with Gasteiger partial charge in [-0.25, -0.2) is 8.42 Å². The number of rotatable bonds is 7. The summed E-state index contributed by atoms with van der Waals surface area (Å²) in [6.45, 7) is 2.21. The van der Waals surface area contributed by atoms with Gasteiger partial charge in [0, 0.05) is 18.7 Å². The number of nitrogens with one attached hydrogen (secondary N) is 1. The van der Waals surface area contributed by atoms with Crippen LogP contribution in [0, 0.1) is 6.92 Å². The minimum atomic E-state index is -3.77. The zero-order valence-electron chi connectivity index (χ0n) is 17.3. The zero-order valence-corrected chi connectivity index (χ0v) is 18.1. The van der Waals surface area contributed by atoms with Gasteiger partial charge in [-0.1, -0.05) is 66.7 Å². The van der Waals surface area contributed by atoms with E-state index in [4.69, 9.17) is 0 Å². The minimum Gasteiger partial charge on any atom is -0.321 e. The van der Waals surface area contributed by atoms with E-state index in [1.54, 1.807) is 36.4 Å². The molecule has 0 aliphatic rings. The first-order valence-corrected chi connectivity index (χ1v) is 11.6. The molecule has 0 amide bonds. The molecule has 0 atom stereocenters. The molecule has 0 bridgehead atoms. The molecule has 1 aromatic heterocycles. The van der Waals surface area contributed by atoms with Crippen molar-refractivity contribution in [2.75, 3.05) is 6.54 Å². The summed E-state index contributed by atoms with van der Waals surface area (Å²) in [6, 6.07) is 25.7. The standard InChI is InChI=1S/C25H24N2O3S/c1-19-9-8-12-21-17-22(25(28)26-24(19)21)18-27(16-15-20-10-4-2-5-11-20)31(29,30)23-13-6-3-7-14-23/h2-14,17H,15-16,18H2,1H3,(H,26,28). The predicted molar refractivity (Wildman–Crippen MR) is 123 cm³/mol. The second-order valence-corrected chi connectivity index (χ2v) is 9.49. The van der Waals surface area contributed by atoms with Crippen molar-refractivity contribution in [2.24, 2.45) is 0 Å². The Morgan fingerprint density at radius 2 is 1.55 bits per heavy atom. The highest BCUT2D eigenvalue weighted by Gasteiger charge is 2.25. The molecule has 6 heteroatoms. The molecule has 31 heavy (non-hydrogen) atoms. The first-order valence-electron chi connectivity index (χ1n) is 10.2. The number of nitrogens with zero attached hydrogens (tertiary/aromatic N) is 1. The molecule has 0 spiro atoms. The molecular formula is C25H24N2O3S. The summed E-state index contributed by atoms with van der Waals surface area (Å²) in [6.07, 6.45) is 0.553. The Hall–Kier alpha value is -3.22. The van der Waals surface area contributed by atoms with Crippen molar-refractivity contribution in [1.29, 1.82) is 0 Å². The van der Waals surface area contributed by atoms with Gasteiger partial charge in [-0.15, -0.1) is 0 Å². The van der Waals surface area contributed by atoms with Crippen LogP contribution in [0.5, 0.6) is 0 Å². The average molecular weight is 433 g/mol. The third kappa shape index (κ3) is 4.60. The lowest BCUT2D eigenvalue weighted by atomic mass is 10.1. The SMILES string of the molecule is Cc1cccc2cc(CN(CCc3ccccc3)S(=O)(=O)c3ccccc3)c(=O)[nH]c12. The van der Waals surface area contributed by atoms with E-state index in [0.29, 0.717) is 12.0 Å². The Morgan fingerprint density at radius 1 is 0.871 bits per heavy atom. The number of para-hydroxylation sites is 1. The monoisotopic (exact) mass is 432 g/mol. The van der Waals surface area contributed by atoms with Crippen molar-refractivity contribution in [2.45, 2.75) is 24.8 Å². The fraction of sp³-hybridized carbons (Fsp3) is 0.160. The van der Waals surface area contributed by atoms with E-state index in [9.17, 15) is 13.2 Å². The van der Waals surface area contributed by atoms with Crippen molar-refractivity contribution < 1.29 is 8.42 Å². The van der Waals surface area contributed by atoms with Crippen molar-refractivity contribution >= 4 is 20.9 Å². The number of hydrogen-bond donors (Lipinski definition) is 1. The van der Waals surface area contributed by atoms with Crippen LogP contribution in [0.1, 0.15) is 16.7 Å². The molecule has 1 heterocycles. The van der Waals surface area contributed by atoms with Gasteiger partial charge in [-0.05, 0) is 48.1 Å². The van der Waals surface area contributed by atoms with Gasteiger partial charge in [0.25, 0.3) is 5.56 Å². The number of sulfonamides is 1. The molecule has 0 saturated carbocycles. The Labute approximate surface area is 182 Å². The van der Waals surface area contributed by atoms with Crippen LogP contribution in [-0.2, 0) is 23.0 Å². The number of pyridine rings is 1. The molecule has 4 aromatic rings. The summed E-state index contributed by atoms with van der Waals surface area (Å²) < 4.78 is 28.2. The quantitative estimate of drug-likeness (QED) is 0.474. The summed E-state index contributed by atoms with van der Waals surface area (Å²) in [4.78, 5) is 15.9. The number of hydrogen-bond acceptors (Lipinski definition) is 3. The van der Waals surface area contributed by atoms with Crippen molar-refractivity contribution in [3.8, 4) is 0 Å². The molecule has 0 unspecified atom stereocenters. The van der Waals surface area contributed by atoms with Gasteiger partial charge < -0.3 is 4.98 Å². The number of aromatic nitrogens is 1. The molecule has 158 valence electrons. The molecule has 3 aromatic carbocycles. The smallest absolute Gasteiger partial charge is 0.252 e. The maximum Gasteiger partial charge on any atom is 0.252 e. The second-order valence-electron chi connectivity index (χ2n) is 7.55. The fourth-order valence-corrected chi connectivity index (χ4v) is 5.10. The summed E-state index contributed by atoms with van der Waals surface area (Å²) in [5.74, 6) is 0. The molecule has 0 fully saturated rings. The maximum atomic E-state index is 13.4. The highest BCUT2D eigenvalue weighted by atomic mass is 32.2. The summed E-state index contributed by atoms with van der Waals surface area (Å²) in [5.41, 5.74) is 2.94. The van der Waals surface area contributed by atoms with E-state index in [1.165, 1.54) is 4.31 Å². The van der Waals surface area contributed by atoms with Crippen LogP contribution in [0.3, 0.4) is 0 Å². The molecule has 0 aliphatic heterocycles. The molecule has 0 aliphatic carbocycles. The molecular weight excluding hydrogens is 408 g/mol. The molecule has 0 radical (unpaired) electrons. The van der Waals surface area contributed by atoms with Crippen LogP contribution in [-0.4, -0.2) is 24.3 Å². The summed E-state index contributed by atoms with van der Waals surface area (Å²) >= 11 is 0. The van der Waals surface area contributed by atoms with E-state index < -0.39 is 10.0 Å². The highest BCUT2D eigenvalue weighted by molar-refractivity contribution is 7.89. The summed E-state index contributed by atoms with van der Waals surface area (Å²) in [5, 5.41) is 0.884. The van der Waals surface area contributed by atoms with Crippen LogP contribution in [0.2, 0.25) is 0 Å². The van der Waals surface area contributed by atoms with Crippen molar-refractivity contribution in [3.05, 3.63) is 112 Å². The number of fused-ring (bicyclic) bond motifs is 1. The van der Waals surface area contributed by atoms with E-state index in [0.717, 1.165) is 22.0 Å². The van der Waals surface area contributed by atoms with Gasteiger partial charge in [-0.3, -0.25) is 4.79 Å². The lowest BCUT2D eigenvalue weighted by molar-refractivity contribution is 0.408. The van der Waals surface area contributed by atoms with E-state index >= 15 is 0 Å². The molecule has 1 N–H and O–H groups in total. The third-order valence-corrected chi connectivity index (χ3v) is 7.24. The first-order chi connectivity index (χ1) is 14.9. The molecule has 5 nitrogen and oxygen atoms in total. The largest absolute Gasteiger partial charge is 0.321 e. The highest BCUT2D eigenvalue weighted by Crippen LogP contribution is 2.20. The lowest BCUT2D eigenvalue weighted by Gasteiger charge is -2.22. The van der Waals surface area contributed by atoms with Gasteiger partial charge in [0.15, 0.2) is 0 Å².